The molecule has 0 saturated carbocycles. The molecule has 18 heavy (non-hydrogen) atoms. The van der Waals surface area contributed by atoms with Gasteiger partial charge in [0, 0.05) is 12.6 Å². The standard InChI is InChI=1S/C11H20N2O3S2/c1-8-12-7-10(17-8)18(15,16)13-9(5-6-14)11(2,3)4/h7,9,13-14H,5-6H2,1-4H3. The third-order valence-corrected chi connectivity index (χ3v) is 5.47. The van der Waals surface area contributed by atoms with Crippen molar-refractivity contribution in [1.29, 1.82) is 0 Å². The lowest BCUT2D eigenvalue weighted by molar-refractivity contribution is 0.214. The Bertz CT molecular complexity index is 489. The van der Waals surface area contributed by atoms with E-state index in [2.05, 4.69) is 9.71 Å². The van der Waals surface area contributed by atoms with Gasteiger partial charge in [0.15, 0.2) is 4.21 Å². The van der Waals surface area contributed by atoms with Crippen molar-refractivity contribution < 1.29 is 13.5 Å². The van der Waals surface area contributed by atoms with Crippen LogP contribution in [0.5, 0.6) is 0 Å². The summed E-state index contributed by atoms with van der Waals surface area (Å²) in [6, 6.07) is -0.310. The number of nitrogens with zero attached hydrogens (tertiary/aromatic N) is 1. The maximum absolute atomic E-state index is 12.2. The Morgan fingerprint density at radius 3 is 2.50 bits per heavy atom. The van der Waals surface area contributed by atoms with Crippen LogP contribution >= 0.6 is 11.3 Å². The minimum absolute atomic E-state index is 0.0494. The van der Waals surface area contributed by atoms with Crippen LogP contribution in [0.4, 0.5) is 0 Å². The largest absolute Gasteiger partial charge is 0.396 e. The van der Waals surface area contributed by atoms with Crippen molar-refractivity contribution in [3.8, 4) is 0 Å². The summed E-state index contributed by atoms with van der Waals surface area (Å²) in [4.78, 5) is 3.95. The number of rotatable bonds is 5. The minimum Gasteiger partial charge on any atom is -0.396 e. The molecule has 0 aliphatic heterocycles. The van der Waals surface area contributed by atoms with Gasteiger partial charge < -0.3 is 5.11 Å². The van der Waals surface area contributed by atoms with Gasteiger partial charge in [-0.05, 0) is 18.8 Å². The molecule has 104 valence electrons. The lowest BCUT2D eigenvalue weighted by Gasteiger charge is -2.30. The van der Waals surface area contributed by atoms with Crippen LogP contribution in [0.25, 0.3) is 0 Å². The lowest BCUT2D eigenvalue weighted by atomic mass is 9.86. The quantitative estimate of drug-likeness (QED) is 0.862. The first-order chi connectivity index (χ1) is 8.16. The second kappa shape index (κ2) is 5.64. The molecule has 1 rings (SSSR count). The molecule has 1 unspecified atom stereocenters. The van der Waals surface area contributed by atoms with Crippen LogP contribution in [0.3, 0.4) is 0 Å². The molecule has 0 amide bonds. The normalized spacial score (nSPS) is 14.7. The van der Waals surface area contributed by atoms with E-state index < -0.39 is 10.0 Å². The fourth-order valence-electron chi connectivity index (χ4n) is 1.51. The van der Waals surface area contributed by atoms with E-state index in [0.717, 1.165) is 11.3 Å². The second-order valence-corrected chi connectivity index (χ2v) is 8.43. The summed E-state index contributed by atoms with van der Waals surface area (Å²) in [7, 11) is -3.55. The van der Waals surface area contributed by atoms with E-state index in [1.54, 1.807) is 6.92 Å². The molecule has 1 aromatic rings. The maximum Gasteiger partial charge on any atom is 0.251 e. The highest BCUT2D eigenvalue weighted by Gasteiger charge is 2.30. The van der Waals surface area contributed by atoms with Crippen LogP contribution in [0, 0.1) is 12.3 Å². The molecule has 0 aliphatic carbocycles. The Hall–Kier alpha value is -0.500. The average Bonchev–Trinajstić information content (AvgIpc) is 2.63. The molecule has 0 fully saturated rings. The zero-order chi connectivity index (χ0) is 14.0. The van der Waals surface area contributed by atoms with Crippen LogP contribution in [0.2, 0.25) is 0 Å². The van der Waals surface area contributed by atoms with E-state index in [9.17, 15) is 8.42 Å². The van der Waals surface area contributed by atoms with Crippen LogP contribution in [-0.2, 0) is 10.0 Å². The molecule has 0 radical (unpaired) electrons. The number of thiazole rings is 1. The molecule has 5 nitrogen and oxygen atoms in total. The van der Waals surface area contributed by atoms with E-state index in [1.165, 1.54) is 6.20 Å². The van der Waals surface area contributed by atoms with Crippen LogP contribution in [-0.4, -0.2) is 31.2 Å². The van der Waals surface area contributed by atoms with Crippen molar-refractivity contribution in [3.05, 3.63) is 11.2 Å². The Kier molecular flexibility index (Phi) is 4.88. The lowest BCUT2D eigenvalue weighted by Crippen LogP contribution is -2.44. The summed E-state index contributed by atoms with van der Waals surface area (Å²) >= 11 is 1.14. The third kappa shape index (κ3) is 4.01. The van der Waals surface area contributed by atoms with Crippen molar-refractivity contribution in [1.82, 2.24) is 9.71 Å². The Morgan fingerprint density at radius 2 is 2.11 bits per heavy atom. The highest BCUT2D eigenvalue weighted by molar-refractivity contribution is 7.91. The molecule has 0 spiro atoms. The Balaban J connectivity index is 2.93. The van der Waals surface area contributed by atoms with Crippen LogP contribution in [0.1, 0.15) is 32.2 Å². The molecule has 2 N–H and O–H groups in total. The molecule has 0 aromatic carbocycles. The predicted octanol–water partition coefficient (Wildman–Crippen LogP) is 1.53. The average molecular weight is 292 g/mol. The van der Waals surface area contributed by atoms with Gasteiger partial charge in [0.05, 0.1) is 11.2 Å². The minimum atomic E-state index is -3.55. The van der Waals surface area contributed by atoms with Gasteiger partial charge in [0.1, 0.15) is 0 Å². The van der Waals surface area contributed by atoms with E-state index in [4.69, 9.17) is 5.11 Å². The number of aromatic nitrogens is 1. The molecule has 0 aliphatic rings. The highest BCUT2D eigenvalue weighted by atomic mass is 32.2. The number of aliphatic hydroxyl groups excluding tert-OH is 1. The van der Waals surface area contributed by atoms with Gasteiger partial charge in [-0.2, -0.15) is 0 Å². The number of aliphatic hydroxyl groups is 1. The van der Waals surface area contributed by atoms with Gasteiger partial charge in [0.2, 0.25) is 0 Å². The van der Waals surface area contributed by atoms with Gasteiger partial charge in [-0.3, -0.25) is 0 Å². The topological polar surface area (TPSA) is 79.3 Å². The van der Waals surface area contributed by atoms with Gasteiger partial charge in [-0.1, -0.05) is 20.8 Å². The van der Waals surface area contributed by atoms with Gasteiger partial charge in [-0.25, -0.2) is 18.1 Å². The van der Waals surface area contributed by atoms with Crippen LogP contribution < -0.4 is 4.72 Å². The van der Waals surface area contributed by atoms with Gasteiger partial charge >= 0.3 is 0 Å². The van der Waals surface area contributed by atoms with Crippen molar-refractivity contribution in [2.75, 3.05) is 6.61 Å². The van der Waals surface area contributed by atoms with E-state index in [1.807, 2.05) is 20.8 Å². The molecule has 1 atom stereocenters. The summed E-state index contributed by atoms with van der Waals surface area (Å²) in [5.41, 5.74) is -0.254. The number of aryl methyl sites for hydroxylation is 1. The predicted molar refractivity (Wildman–Crippen MR) is 72.1 cm³/mol. The summed E-state index contributed by atoms with van der Waals surface area (Å²) in [5, 5.41) is 9.74. The van der Waals surface area contributed by atoms with Crippen molar-refractivity contribution in [2.45, 2.75) is 44.4 Å². The summed E-state index contributed by atoms with van der Waals surface area (Å²) in [6.07, 6.45) is 1.75. The van der Waals surface area contributed by atoms with Gasteiger partial charge in [-0.15, -0.1) is 11.3 Å². The Labute approximate surface area is 112 Å². The number of sulfonamides is 1. The fraction of sp³-hybridized carbons (Fsp3) is 0.727. The first-order valence-corrected chi connectivity index (χ1v) is 8.02. The number of hydrogen-bond acceptors (Lipinski definition) is 5. The third-order valence-electron chi connectivity index (χ3n) is 2.63. The van der Waals surface area contributed by atoms with E-state index >= 15 is 0 Å². The summed E-state index contributed by atoms with van der Waals surface area (Å²) in [5.74, 6) is 0. The fourth-order valence-corrected chi connectivity index (χ4v) is 4.11. The first kappa shape index (κ1) is 15.6. The molecule has 7 heteroatoms. The monoisotopic (exact) mass is 292 g/mol. The number of hydrogen-bond donors (Lipinski definition) is 2. The van der Waals surface area contributed by atoms with Crippen molar-refractivity contribution >= 4 is 21.4 Å². The van der Waals surface area contributed by atoms with Crippen molar-refractivity contribution in [2.24, 2.45) is 5.41 Å². The van der Waals surface area contributed by atoms with E-state index in [-0.39, 0.29) is 22.3 Å². The maximum atomic E-state index is 12.2. The molecular formula is C11H20N2O3S2. The highest BCUT2D eigenvalue weighted by Crippen LogP contribution is 2.25. The molecule has 1 aromatic heterocycles. The first-order valence-electron chi connectivity index (χ1n) is 5.72. The van der Waals surface area contributed by atoms with Crippen molar-refractivity contribution in [3.63, 3.8) is 0 Å². The zero-order valence-electron chi connectivity index (χ0n) is 11.1. The SMILES string of the molecule is Cc1ncc(S(=O)(=O)NC(CCO)C(C)(C)C)s1. The Morgan fingerprint density at radius 1 is 1.50 bits per heavy atom. The van der Waals surface area contributed by atoms with E-state index in [0.29, 0.717) is 11.4 Å². The molecule has 0 bridgehead atoms. The summed E-state index contributed by atoms with van der Waals surface area (Å²) < 4.78 is 27.2. The number of nitrogens with one attached hydrogen (secondary N) is 1. The zero-order valence-corrected chi connectivity index (χ0v) is 12.7. The van der Waals surface area contributed by atoms with Crippen LogP contribution in [0.15, 0.2) is 10.4 Å². The second-order valence-electron chi connectivity index (χ2n) is 5.25. The summed E-state index contributed by atoms with van der Waals surface area (Å²) in [6.45, 7) is 7.53. The van der Waals surface area contributed by atoms with Gasteiger partial charge in [0.25, 0.3) is 10.0 Å². The molecular weight excluding hydrogens is 272 g/mol. The smallest absolute Gasteiger partial charge is 0.251 e. The molecule has 0 saturated heterocycles. The molecule has 1 heterocycles.